The van der Waals surface area contributed by atoms with E-state index in [1.807, 2.05) is 76.2 Å². The van der Waals surface area contributed by atoms with Crippen LogP contribution in [0.1, 0.15) is 323 Å². The van der Waals surface area contributed by atoms with Crippen LogP contribution in [0.3, 0.4) is 0 Å². The van der Waals surface area contributed by atoms with Gasteiger partial charge in [0, 0.05) is 80.0 Å². The molecule has 1 amide bonds. The molecule has 10 aliphatic carbocycles. The average molecular weight is 2100 g/mol. The zero-order valence-corrected chi connectivity index (χ0v) is 94.5. The van der Waals surface area contributed by atoms with Crippen LogP contribution in [-0.4, -0.2) is 176 Å². The Hall–Kier alpha value is -6.76. The zero-order valence-electron chi connectivity index (χ0n) is 95.0. The van der Waals surface area contributed by atoms with Crippen LogP contribution in [0.5, 0.6) is 0 Å². The lowest BCUT2D eigenvalue weighted by molar-refractivity contribution is -0.354. The highest BCUT2D eigenvalue weighted by molar-refractivity contribution is 6.97. The predicted octanol–water partition coefficient (Wildman–Crippen LogP) is 22.0. The molecule has 16 rings (SSSR count). The summed E-state index contributed by atoms with van der Waals surface area (Å²) in [6.07, 6.45) is 8.81. The highest BCUT2D eigenvalue weighted by Crippen LogP contribution is 2.81. The predicted molar refractivity (Wildman–Crippen MR) is 560 cm³/mol. The lowest BCUT2D eigenvalue weighted by Gasteiger charge is -2.73. The molecule has 8 unspecified atom stereocenters. The van der Waals surface area contributed by atoms with Crippen molar-refractivity contribution in [2.75, 3.05) is 26.4 Å². The number of amides is 1. The van der Waals surface area contributed by atoms with E-state index in [9.17, 15) is 53.1 Å². The first-order valence-corrected chi connectivity index (χ1v) is 54.9. The van der Waals surface area contributed by atoms with Crippen LogP contribution in [0.2, 0.25) is 0 Å². The van der Waals surface area contributed by atoms with Gasteiger partial charge in [-0.25, -0.2) is 0 Å². The van der Waals surface area contributed by atoms with Crippen LogP contribution in [0.25, 0.3) is 0 Å². The topological polar surface area (TPSA) is 358 Å². The van der Waals surface area contributed by atoms with Crippen LogP contribution in [0.15, 0.2) is 85.0 Å². The summed E-state index contributed by atoms with van der Waals surface area (Å²) in [4.78, 5) is 122. The van der Waals surface area contributed by atoms with Crippen molar-refractivity contribution in [3.05, 3.63) is 96.1 Å². The molecule has 4 heterocycles. The maximum absolute atomic E-state index is 14.7. The number of nitrogens with one attached hydrogen (secondary N) is 1. The molecule has 27 nitrogen and oxygen atoms in total. The molecule has 40 atom stereocenters. The third-order valence-electron chi connectivity index (χ3n) is 41.4. The van der Waals surface area contributed by atoms with Gasteiger partial charge in [-0.2, -0.15) is 0 Å². The Morgan fingerprint density at radius 2 is 0.776 bits per heavy atom. The Kier molecular flexibility index (Phi) is 38.0. The lowest BCUT2D eigenvalue weighted by Crippen LogP contribution is -2.68. The molecule has 14 aliphatic rings. The molecule has 0 bridgehead atoms. The molecular formula is C118H180Cl2N2O25. The number of esters is 6. The van der Waals surface area contributed by atoms with Gasteiger partial charge in [0.2, 0.25) is 5.91 Å². The first-order valence-electron chi connectivity index (χ1n) is 56.1. The highest BCUT2D eigenvalue weighted by atomic mass is 35.5. The second-order valence-corrected chi connectivity index (χ2v) is 49.7. The largest absolute Gasteiger partial charge is 0.481 e. The summed E-state index contributed by atoms with van der Waals surface area (Å²) < 4.78 is 101. The number of hydrogen-bond donors (Lipinski definition) is 3. The van der Waals surface area contributed by atoms with E-state index in [2.05, 4.69) is 151 Å². The van der Waals surface area contributed by atoms with E-state index >= 15 is 0 Å². The van der Waals surface area contributed by atoms with Gasteiger partial charge in [0.1, 0.15) is 24.4 Å². The van der Waals surface area contributed by atoms with Crippen LogP contribution in [0, 0.1) is 149 Å². The molecule has 4 saturated heterocycles. The number of benzene rings is 2. The molecule has 0 spiro atoms. The summed E-state index contributed by atoms with van der Waals surface area (Å²) in [7, 11) is 2.50. The highest BCUT2D eigenvalue weighted by Gasteiger charge is 2.76. The van der Waals surface area contributed by atoms with E-state index in [1.165, 1.54) is 67.5 Å². The smallest absolute Gasteiger partial charge is 0.309 e. The Labute approximate surface area is 889 Å². The van der Waals surface area contributed by atoms with E-state index in [0.717, 1.165) is 140 Å². The van der Waals surface area contributed by atoms with E-state index in [-0.39, 0.29) is 153 Å². The Morgan fingerprint density at radius 1 is 0.415 bits per heavy atom. The Morgan fingerprint density at radius 3 is 1.12 bits per heavy atom. The molecular weight excluding hydrogens is 1920 g/mol. The number of halogens is 2. The number of allylic oxidation sites excluding steroid dienone is 2. The minimum Gasteiger partial charge on any atom is -0.481 e. The SMILES string of the molecule is C=C(C)[C@@H]1CC[C@]2(C(=O)NCc3ccccc3)CC[C@]3(C)C(CCC4[C@@]5(C)CC[C@H](O[C@@H]6OC[C@H](C)[C@H](C)[C@H]6O[C@@H]6O[C@@H](C)[C@H](C)[C@@H](OC(C)=O)[C@H]6OC(C)=O)[C@@](C)(COC(C)=O)C5CC[C@]43C)C12.C=C(C)[C@@H]1CC[C@]2(C(=O)O)CC[C@]3(C)C(CCC4[C@@]5(C)CC[C@H](O[C@@H]6OC[C@H](C)[C@H](C)[C@H]6O[C@@H]6O[C@@H](C)[C@H](C)[C@@H](OC(C)=O)[C@H]6OC(C)=O)[C@@](C)(COC(C)=O)C5CC[C@]43C)C12.NCc1ccccc1.O=C(Cl)C(=O)Cl.[2H]C.[2H]C. The molecule has 0 aromatic heterocycles. The van der Waals surface area contributed by atoms with Gasteiger partial charge in [-0.05, 0) is 306 Å². The first kappa shape index (κ1) is 117. The molecule has 147 heavy (non-hydrogen) atoms. The maximum atomic E-state index is 14.7. The molecule has 29 heteroatoms. The third-order valence-corrected chi connectivity index (χ3v) is 41.8. The molecule has 4 aliphatic heterocycles. The fourth-order valence-corrected chi connectivity index (χ4v) is 32.8. The number of nitrogens with two attached hydrogens (primary N) is 1. The van der Waals surface area contributed by atoms with E-state index < -0.39 is 124 Å². The lowest BCUT2D eigenvalue weighted by atomic mass is 9.32. The van der Waals surface area contributed by atoms with Crippen LogP contribution in [-0.2, 0) is 127 Å². The molecule has 2 aromatic carbocycles. The quantitative estimate of drug-likeness (QED) is 0.0219. The Balaban J connectivity index is 0.000000243. The van der Waals surface area contributed by atoms with Gasteiger partial charge < -0.3 is 82.5 Å². The second-order valence-electron chi connectivity index (χ2n) is 49.0. The van der Waals surface area contributed by atoms with Gasteiger partial charge in [0.05, 0.1) is 61.7 Å². The summed E-state index contributed by atoms with van der Waals surface area (Å²) in [5.74, 6) is -0.628. The first-order chi connectivity index (χ1) is 70.0. The fraction of sp³-hybridized carbons (Fsp3) is 0.780. The van der Waals surface area contributed by atoms with Gasteiger partial charge in [-0.15, -0.1) is 0 Å². The standard InChI is InChI=1S/C57H85NO11.C50H78O12.C7H9N.C2Cl2O2.2CH4/c1-32(2)41-21-26-57(52(62)58-29-40-17-15-14-16-18-40)28-27-55(12)42(46(41)57)19-20-44-53(10)24-23-45(54(11,31-64-37(7)59)43(53)22-25-56(44,55)13)68-50-48(34(4)33(3)30-63-50)69-51-49(67-39(9)61)47(66-38(8)60)35(5)36(6)65-51;1-26(2)34-16-21-50(45(54)55)23-22-48(12)35(39(34)50)14-15-37-46(10)19-18-38(47(11,25-57-31(7)51)36(46)17-20-49(37,48)13)61-43-41(28(4)27(3)24-56-43)62-44-42(60-33(9)53)40(59-32(8)52)29(5)30(6)58-44;8-6-7-4-2-1-3-5-7;3-1(5)2(4)6;;/h14-18,33-36,41-51H,1,19-31H2,2-13H3,(H,58,62);27-30,34-44H,1,14-25H2,2-13H3,(H,54,55);1-5H,6,8H2;;2*1H4/t33-,34-,35-,36-,41-,42?,43?,44?,45-,46?,47+,48+,49+,50-,51-,53-,54-,55+,56+,57-;27-,28-,29-,30-,34-,35?,36?,37?,38-,39?,40+,41+,42+,43-,44-,46-,47-,48+,49+,50-;;;;/m00..../s1/i;;;;2*1D. The number of ether oxygens (including phenoxy) is 14. The normalized spacial score (nSPS) is 43.5. The molecule has 826 valence electrons. The number of rotatable bonds is 24. The second kappa shape index (κ2) is 47.7. The molecule has 2 aromatic rings. The molecule has 0 radical (unpaired) electrons. The molecule has 4 N–H and O–H groups in total. The zero-order chi connectivity index (χ0) is 110. The minimum atomic E-state index is -1.14. The van der Waals surface area contributed by atoms with E-state index in [1.54, 1.807) is 0 Å². The van der Waals surface area contributed by atoms with Gasteiger partial charge in [-0.3, -0.25) is 47.9 Å². The summed E-state index contributed by atoms with van der Waals surface area (Å²) in [6.45, 7) is 60.0. The monoisotopic (exact) mass is 2100 g/mol. The van der Waals surface area contributed by atoms with Crippen molar-refractivity contribution in [1.82, 2.24) is 5.32 Å². The maximum Gasteiger partial charge on any atom is 0.309 e. The van der Waals surface area contributed by atoms with Crippen molar-refractivity contribution in [3.63, 3.8) is 0 Å². The van der Waals surface area contributed by atoms with Gasteiger partial charge in [0.25, 0.3) is 0 Å². The number of aliphatic carboxylic acids is 1. The van der Waals surface area contributed by atoms with Gasteiger partial charge in [0.15, 0.2) is 37.4 Å². The van der Waals surface area contributed by atoms with Crippen molar-refractivity contribution in [2.24, 2.45) is 155 Å². The number of fused-ring (bicyclic) bond motifs is 14. The Bertz CT molecular complexity index is 4970. The summed E-state index contributed by atoms with van der Waals surface area (Å²) in [5, 5.41) is 12.0. The number of carboxylic acid groups (broad SMARTS) is 1. The molecule has 10 saturated carbocycles. The van der Waals surface area contributed by atoms with Crippen LogP contribution < -0.4 is 11.1 Å². The van der Waals surface area contributed by atoms with Crippen molar-refractivity contribution in [3.8, 4) is 0 Å². The summed E-state index contributed by atoms with van der Waals surface area (Å²) >= 11 is 8.98. The van der Waals surface area contributed by atoms with Crippen molar-refractivity contribution in [2.45, 2.75) is 409 Å². The van der Waals surface area contributed by atoms with Crippen molar-refractivity contribution < 1.29 is 122 Å². The van der Waals surface area contributed by atoms with Crippen molar-refractivity contribution in [1.29, 1.82) is 0 Å². The number of carbonyl (C=O) groups excluding carboxylic acids is 9. The number of carboxylic acids is 1. The molecule has 14 fully saturated rings. The third kappa shape index (κ3) is 23.2. The van der Waals surface area contributed by atoms with Crippen LogP contribution >= 0.6 is 23.2 Å². The minimum absolute atomic E-state index is 0.00184. The summed E-state index contributed by atoms with van der Waals surface area (Å²) in [5.41, 5.74) is 7.70. The van der Waals surface area contributed by atoms with Gasteiger partial charge in [-0.1, -0.05) is 197 Å². The average Bonchev–Trinajstić information content (AvgIpc) is 1.63. The number of carbonyl (C=O) groups is 10. The number of hydrogen-bond acceptors (Lipinski definition) is 25. The van der Waals surface area contributed by atoms with Crippen molar-refractivity contribution >= 4 is 81.4 Å². The van der Waals surface area contributed by atoms with Gasteiger partial charge >= 0.3 is 52.3 Å². The summed E-state index contributed by atoms with van der Waals surface area (Å²) in [6, 6.07) is 20.3. The van der Waals surface area contributed by atoms with E-state index in [4.69, 9.17) is 74.8 Å². The van der Waals surface area contributed by atoms with Crippen LogP contribution in [0.4, 0.5) is 0 Å². The fourth-order valence-electron chi connectivity index (χ4n) is 32.8. The van der Waals surface area contributed by atoms with E-state index in [0.29, 0.717) is 55.9 Å².